The van der Waals surface area contributed by atoms with Gasteiger partial charge in [0.2, 0.25) is 11.7 Å². The summed E-state index contributed by atoms with van der Waals surface area (Å²) in [5.41, 5.74) is -0.467. The zero-order valence-electron chi connectivity index (χ0n) is 9.94. The van der Waals surface area contributed by atoms with Gasteiger partial charge in [-0.25, -0.2) is 4.98 Å². The number of hydrogen-bond acceptors (Lipinski definition) is 4. The lowest BCUT2D eigenvalue weighted by Crippen LogP contribution is -2.34. The van der Waals surface area contributed by atoms with Crippen molar-refractivity contribution in [2.45, 2.75) is 13.5 Å². The number of hydrogen-bond donors (Lipinski definition) is 0. The number of likely N-dealkylation sites (N-methyl/N-ethyl adjacent to an activating group) is 1. The number of halogens is 1. The number of ether oxygens (including phenoxy) is 1. The molecule has 0 saturated carbocycles. The fourth-order valence-electron chi connectivity index (χ4n) is 1.18. The normalized spacial score (nSPS) is 10.1. The molecule has 1 heterocycles. The van der Waals surface area contributed by atoms with E-state index in [1.807, 2.05) is 6.92 Å². The quantitative estimate of drug-likeness (QED) is 0.734. The Hall–Kier alpha value is -1.56. The largest absolute Gasteiger partial charge is 0.489 e. The summed E-state index contributed by atoms with van der Waals surface area (Å²) >= 11 is 5.68. The smallest absolute Gasteiger partial charge is 0.297 e. The van der Waals surface area contributed by atoms with Crippen molar-refractivity contribution in [3.8, 4) is 5.75 Å². The van der Waals surface area contributed by atoms with E-state index in [0.717, 1.165) is 0 Å². The number of amides is 1. The molecule has 6 nitrogen and oxygen atoms in total. The zero-order chi connectivity index (χ0) is 13.0. The molecule has 0 aliphatic rings. The predicted octanol–water partition coefficient (Wildman–Crippen LogP) is 0.384. The molecule has 0 aliphatic heterocycles. The Morgan fingerprint density at radius 1 is 1.65 bits per heavy atom. The number of nitrogens with zero attached hydrogens (tertiary/aromatic N) is 3. The molecule has 0 aliphatic carbocycles. The Labute approximate surface area is 104 Å². The van der Waals surface area contributed by atoms with Gasteiger partial charge in [0.25, 0.3) is 5.56 Å². The van der Waals surface area contributed by atoms with Gasteiger partial charge in [-0.2, -0.15) is 0 Å². The molecule has 0 radical (unpaired) electrons. The van der Waals surface area contributed by atoms with Gasteiger partial charge in [-0.3, -0.25) is 14.2 Å². The van der Waals surface area contributed by atoms with Crippen molar-refractivity contribution >= 4 is 17.5 Å². The van der Waals surface area contributed by atoms with Gasteiger partial charge < -0.3 is 9.64 Å². The highest BCUT2D eigenvalue weighted by molar-refractivity contribution is 6.30. The van der Waals surface area contributed by atoms with E-state index in [2.05, 4.69) is 4.98 Å². The summed E-state index contributed by atoms with van der Waals surface area (Å²) < 4.78 is 6.00. The fourth-order valence-corrected chi connectivity index (χ4v) is 1.38. The van der Waals surface area contributed by atoms with Crippen LogP contribution in [0.1, 0.15) is 6.92 Å². The molecular weight excluding hydrogens is 246 g/mol. The van der Waals surface area contributed by atoms with Gasteiger partial charge in [0.1, 0.15) is 6.54 Å². The maximum absolute atomic E-state index is 11.8. The second-order valence-corrected chi connectivity index (χ2v) is 3.77. The Morgan fingerprint density at radius 3 is 2.82 bits per heavy atom. The van der Waals surface area contributed by atoms with Crippen LogP contribution < -0.4 is 10.3 Å². The first-order valence-electron chi connectivity index (χ1n) is 5.04. The van der Waals surface area contributed by atoms with E-state index in [0.29, 0.717) is 6.54 Å². The standard InChI is InChI=1S/C10H14ClN3O3/c1-4-13(2)7(15)5-14-6-12-9(11)8(17-3)10(14)16/h6H,4-5H2,1-3H3. The summed E-state index contributed by atoms with van der Waals surface area (Å²) in [5, 5.41) is -0.00922. The molecule has 0 spiro atoms. The molecule has 94 valence electrons. The third-order valence-corrected chi connectivity index (χ3v) is 2.63. The first-order chi connectivity index (χ1) is 8.01. The Morgan fingerprint density at radius 2 is 2.29 bits per heavy atom. The molecule has 0 atom stereocenters. The Balaban J connectivity index is 3.01. The van der Waals surface area contributed by atoms with Crippen molar-refractivity contribution in [3.63, 3.8) is 0 Å². The number of rotatable bonds is 4. The van der Waals surface area contributed by atoms with Crippen LogP contribution in [0.5, 0.6) is 5.75 Å². The summed E-state index contributed by atoms with van der Waals surface area (Å²) in [5.74, 6) is -0.234. The van der Waals surface area contributed by atoms with Gasteiger partial charge in [-0.1, -0.05) is 11.6 Å². The van der Waals surface area contributed by atoms with Gasteiger partial charge >= 0.3 is 0 Å². The van der Waals surface area contributed by atoms with E-state index >= 15 is 0 Å². The monoisotopic (exact) mass is 259 g/mol. The third kappa shape index (κ3) is 2.97. The van der Waals surface area contributed by atoms with E-state index in [9.17, 15) is 9.59 Å². The third-order valence-electron chi connectivity index (χ3n) is 2.36. The van der Waals surface area contributed by atoms with Crippen LogP contribution in [-0.4, -0.2) is 41.1 Å². The summed E-state index contributed by atoms with van der Waals surface area (Å²) in [7, 11) is 2.99. The molecule has 0 N–H and O–H groups in total. The number of carbonyl (C=O) groups is 1. The van der Waals surface area contributed by atoms with Gasteiger partial charge in [0.15, 0.2) is 5.15 Å². The van der Waals surface area contributed by atoms with Crippen LogP contribution in [0.25, 0.3) is 0 Å². The molecule has 0 fully saturated rings. The van der Waals surface area contributed by atoms with Crippen molar-refractivity contribution < 1.29 is 9.53 Å². The lowest BCUT2D eigenvalue weighted by atomic mass is 10.4. The minimum Gasteiger partial charge on any atom is -0.489 e. The van der Waals surface area contributed by atoms with Crippen LogP contribution in [0, 0.1) is 0 Å². The van der Waals surface area contributed by atoms with Crippen molar-refractivity contribution in [1.82, 2.24) is 14.5 Å². The summed E-state index contributed by atoms with van der Waals surface area (Å²) in [6, 6.07) is 0. The SMILES string of the molecule is CCN(C)C(=O)Cn1cnc(Cl)c(OC)c1=O. The van der Waals surface area contributed by atoms with Gasteiger partial charge in [0.05, 0.1) is 13.4 Å². The second-order valence-electron chi connectivity index (χ2n) is 3.41. The van der Waals surface area contributed by atoms with Crippen LogP contribution in [0.15, 0.2) is 11.1 Å². The molecular formula is C10H14ClN3O3. The minimum atomic E-state index is -0.467. The second kappa shape index (κ2) is 5.67. The van der Waals surface area contributed by atoms with E-state index in [-0.39, 0.29) is 23.4 Å². The first-order valence-corrected chi connectivity index (χ1v) is 5.42. The van der Waals surface area contributed by atoms with Crippen LogP contribution >= 0.6 is 11.6 Å². The number of aromatic nitrogens is 2. The molecule has 7 heteroatoms. The van der Waals surface area contributed by atoms with Crippen LogP contribution in [0.4, 0.5) is 0 Å². The molecule has 0 aromatic carbocycles. The van der Waals surface area contributed by atoms with E-state index < -0.39 is 5.56 Å². The summed E-state index contributed by atoms with van der Waals surface area (Å²) in [6.45, 7) is 2.34. The van der Waals surface area contributed by atoms with Gasteiger partial charge in [0, 0.05) is 13.6 Å². The summed E-state index contributed by atoms with van der Waals surface area (Å²) in [4.78, 5) is 28.7. The molecule has 1 aromatic rings. The minimum absolute atomic E-state index is 0.00922. The fraction of sp³-hybridized carbons (Fsp3) is 0.500. The maximum atomic E-state index is 11.8. The first kappa shape index (κ1) is 13.5. The van der Waals surface area contributed by atoms with E-state index in [4.69, 9.17) is 16.3 Å². The van der Waals surface area contributed by atoms with Crippen molar-refractivity contribution in [3.05, 3.63) is 21.8 Å². The molecule has 0 unspecified atom stereocenters. The van der Waals surface area contributed by atoms with Crippen molar-refractivity contribution in [2.75, 3.05) is 20.7 Å². The molecule has 1 amide bonds. The number of methoxy groups -OCH3 is 1. The van der Waals surface area contributed by atoms with E-state index in [1.54, 1.807) is 7.05 Å². The highest BCUT2D eigenvalue weighted by Gasteiger charge is 2.14. The summed E-state index contributed by atoms with van der Waals surface area (Å²) in [6.07, 6.45) is 1.23. The van der Waals surface area contributed by atoms with Crippen LogP contribution in [0.2, 0.25) is 5.15 Å². The van der Waals surface area contributed by atoms with Gasteiger partial charge in [-0.05, 0) is 6.92 Å². The highest BCUT2D eigenvalue weighted by Crippen LogP contribution is 2.14. The Kier molecular flexibility index (Phi) is 4.51. The molecule has 0 saturated heterocycles. The van der Waals surface area contributed by atoms with Crippen molar-refractivity contribution in [1.29, 1.82) is 0 Å². The van der Waals surface area contributed by atoms with Gasteiger partial charge in [-0.15, -0.1) is 0 Å². The van der Waals surface area contributed by atoms with Crippen molar-refractivity contribution in [2.24, 2.45) is 0 Å². The topological polar surface area (TPSA) is 64.4 Å². The zero-order valence-corrected chi connectivity index (χ0v) is 10.7. The predicted molar refractivity (Wildman–Crippen MR) is 63.4 cm³/mol. The maximum Gasteiger partial charge on any atom is 0.297 e. The average molecular weight is 260 g/mol. The average Bonchev–Trinajstić information content (AvgIpc) is 2.32. The molecule has 1 aromatic heterocycles. The Bertz CT molecular complexity index is 472. The lowest BCUT2D eigenvalue weighted by Gasteiger charge is -2.15. The van der Waals surface area contributed by atoms with Crippen LogP contribution in [0.3, 0.4) is 0 Å². The highest BCUT2D eigenvalue weighted by atomic mass is 35.5. The lowest BCUT2D eigenvalue weighted by molar-refractivity contribution is -0.130. The molecule has 0 bridgehead atoms. The van der Waals surface area contributed by atoms with E-state index in [1.165, 1.54) is 22.9 Å². The molecule has 1 rings (SSSR count). The number of carbonyl (C=O) groups excluding carboxylic acids is 1. The van der Waals surface area contributed by atoms with Crippen LogP contribution in [-0.2, 0) is 11.3 Å². The molecule has 17 heavy (non-hydrogen) atoms.